The molecule has 0 aliphatic rings. The molecule has 0 aromatic heterocycles. The van der Waals surface area contributed by atoms with Crippen molar-refractivity contribution in [2.45, 2.75) is 25.0 Å². The van der Waals surface area contributed by atoms with Crippen LogP contribution in [0.5, 0.6) is 5.75 Å². The molecule has 0 saturated heterocycles. The van der Waals surface area contributed by atoms with E-state index in [2.05, 4.69) is 10.5 Å². The molecule has 10 nitrogen and oxygen atoms in total. The predicted octanol–water partition coefficient (Wildman–Crippen LogP) is 7.30. The smallest absolute Gasteiger partial charge is 0.271 e. The molecule has 0 saturated carbocycles. The molecular formula is C35H29ClN4O6S. The second-order valence-electron chi connectivity index (χ2n) is 10.4. The van der Waals surface area contributed by atoms with Crippen LogP contribution in [0.2, 0.25) is 5.02 Å². The summed E-state index contributed by atoms with van der Waals surface area (Å²) in [6.45, 7) is 2.09. The van der Waals surface area contributed by atoms with Crippen LogP contribution in [0.15, 0.2) is 131 Å². The number of nitrogens with zero attached hydrogens (tertiary/aromatic N) is 3. The van der Waals surface area contributed by atoms with Gasteiger partial charge in [0, 0.05) is 22.7 Å². The number of nitro benzene ring substituents is 1. The Morgan fingerprint density at radius 1 is 0.915 bits per heavy atom. The number of hydrazone groups is 1. The third-order valence-corrected chi connectivity index (χ3v) is 9.13. The summed E-state index contributed by atoms with van der Waals surface area (Å²) in [5.74, 6) is 0.167. The fourth-order valence-corrected chi connectivity index (χ4v) is 6.26. The standard InChI is InChI=1S/C35H29ClN4O6S/c1-25-7-16-30(36)21-34(25)39(47(44,45)33-5-3-2-4-6-33)23-27-8-14-29(15-9-27)35(41)38-37-22-26-12-19-32(20-13-26)46-24-28-10-17-31(18-11-28)40(42)43/h2-22H,23-24H2,1H3,(H,38,41)/b37-22-. The molecule has 0 fully saturated rings. The van der Waals surface area contributed by atoms with Crippen LogP contribution >= 0.6 is 11.6 Å². The van der Waals surface area contributed by atoms with Crippen molar-refractivity contribution >= 4 is 45.1 Å². The number of anilines is 1. The van der Waals surface area contributed by atoms with Crippen LogP contribution in [-0.4, -0.2) is 25.5 Å². The van der Waals surface area contributed by atoms with E-state index in [9.17, 15) is 23.3 Å². The van der Waals surface area contributed by atoms with Gasteiger partial charge in [0.15, 0.2) is 0 Å². The van der Waals surface area contributed by atoms with E-state index >= 15 is 0 Å². The highest BCUT2D eigenvalue weighted by Gasteiger charge is 2.26. The van der Waals surface area contributed by atoms with E-state index in [0.29, 0.717) is 27.6 Å². The number of nitrogens with one attached hydrogen (secondary N) is 1. The molecule has 47 heavy (non-hydrogen) atoms. The van der Waals surface area contributed by atoms with Gasteiger partial charge in [0.2, 0.25) is 0 Å². The van der Waals surface area contributed by atoms with Crippen LogP contribution in [-0.2, 0) is 23.2 Å². The molecule has 0 radical (unpaired) electrons. The first-order valence-electron chi connectivity index (χ1n) is 14.3. The lowest BCUT2D eigenvalue weighted by Gasteiger charge is -2.26. The van der Waals surface area contributed by atoms with E-state index in [4.69, 9.17) is 16.3 Å². The SMILES string of the molecule is Cc1ccc(Cl)cc1N(Cc1ccc(C(=O)N/N=C\c2ccc(OCc3ccc([N+](=O)[O-])cc3)cc2)cc1)S(=O)(=O)c1ccccc1. The number of hydrogen-bond donors (Lipinski definition) is 1. The van der Waals surface area contributed by atoms with Crippen molar-refractivity contribution in [3.8, 4) is 5.75 Å². The number of halogens is 1. The van der Waals surface area contributed by atoms with Crippen LogP contribution < -0.4 is 14.5 Å². The van der Waals surface area contributed by atoms with Crippen LogP contribution in [0, 0.1) is 17.0 Å². The Balaban J connectivity index is 1.20. The average molecular weight is 669 g/mol. The average Bonchev–Trinajstić information content (AvgIpc) is 3.08. The monoisotopic (exact) mass is 668 g/mol. The summed E-state index contributed by atoms with van der Waals surface area (Å²) in [5, 5.41) is 15.2. The maximum Gasteiger partial charge on any atom is 0.271 e. The Morgan fingerprint density at radius 2 is 1.57 bits per heavy atom. The van der Waals surface area contributed by atoms with Gasteiger partial charge in [0.25, 0.3) is 21.6 Å². The van der Waals surface area contributed by atoms with Gasteiger partial charge >= 0.3 is 0 Å². The Hall–Kier alpha value is -5.52. The van der Waals surface area contributed by atoms with Gasteiger partial charge in [-0.05, 0) is 102 Å². The molecule has 12 heteroatoms. The zero-order chi connectivity index (χ0) is 33.4. The summed E-state index contributed by atoms with van der Waals surface area (Å²) >= 11 is 6.25. The third-order valence-electron chi connectivity index (χ3n) is 7.13. The van der Waals surface area contributed by atoms with Crippen LogP contribution in [0.3, 0.4) is 0 Å². The maximum atomic E-state index is 13.7. The van der Waals surface area contributed by atoms with Gasteiger partial charge in [-0.2, -0.15) is 5.10 Å². The molecule has 5 aromatic rings. The molecule has 0 aliphatic heterocycles. The number of rotatable bonds is 12. The summed E-state index contributed by atoms with van der Waals surface area (Å²) in [6.07, 6.45) is 1.49. The fourth-order valence-electron chi connectivity index (χ4n) is 4.56. The zero-order valence-electron chi connectivity index (χ0n) is 25.1. The number of ether oxygens (including phenoxy) is 1. The summed E-state index contributed by atoms with van der Waals surface area (Å²) in [7, 11) is -3.93. The molecule has 0 aliphatic carbocycles. The number of benzene rings is 5. The van der Waals surface area contributed by atoms with Gasteiger partial charge in [0.05, 0.1) is 28.3 Å². The number of carbonyl (C=O) groups is 1. The first-order chi connectivity index (χ1) is 22.6. The summed E-state index contributed by atoms with van der Waals surface area (Å²) in [4.78, 5) is 23.2. The highest BCUT2D eigenvalue weighted by molar-refractivity contribution is 7.92. The number of nitro groups is 1. The largest absolute Gasteiger partial charge is 0.489 e. The molecule has 0 atom stereocenters. The lowest BCUT2D eigenvalue weighted by atomic mass is 10.1. The number of hydrogen-bond acceptors (Lipinski definition) is 7. The van der Waals surface area contributed by atoms with E-state index in [0.717, 1.165) is 16.7 Å². The van der Waals surface area contributed by atoms with E-state index in [1.807, 2.05) is 6.92 Å². The van der Waals surface area contributed by atoms with Gasteiger partial charge in [-0.15, -0.1) is 0 Å². The van der Waals surface area contributed by atoms with Crippen molar-refractivity contribution in [1.29, 1.82) is 0 Å². The topological polar surface area (TPSA) is 131 Å². The highest BCUT2D eigenvalue weighted by Crippen LogP contribution is 2.31. The molecule has 5 rings (SSSR count). The molecule has 0 unspecified atom stereocenters. The predicted molar refractivity (Wildman–Crippen MR) is 181 cm³/mol. The molecule has 0 spiro atoms. The van der Waals surface area contributed by atoms with Crippen LogP contribution in [0.4, 0.5) is 11.4 Å². The molecular weight excluding hydrogens is 640 g/mol. The van der Waals surface area contributed by atoms with E-state index in [1.165, 1.54) is 22.7 Å². The van der Waals surface area contributed by atoms with Crippen molar-refractivity contribution in [1.82, 2.24) is 5.43 Å². The lowest BCUT2D eigenvalue weighted by molar-refractivity contribution is -0.384. The Morgan fingerprint density at radius 3 is 2.23 bits per heavy atom. The van der Waals surface area contributed by atoms with Gasteiger partial charge in [-0.1, -0.05) is 48.0 Å². The summed E-state index contributed by atoms with van der Waals surface area (Å²) < 4.78 is 34.5. The minimum atomic E-state index is -3.93. The first-order valence-corrected chi connectivity index (χ1v) is 16.1. The minimum absolute atomic E-state index is 0.0185. The van der Waals surface area contributed by atoms with Gasteiger partial charge in [0.1, 0.15) is 12.4 Å². The molecule has 5 aromatic carbocycles. The lowest BCUT2D eigenvalue weighted by Crippen LogP contribution is -2.31. The Kier molecular flexibility index (Phi) is 10.3. The van der Waals surface area contributed by atoms with Crippen molar-refractivity contribution in [3.63, 3.8) is 0 Å². The number of aryl methyl sites for hydroxylation is 1. The van der Waals surface area contributed by atoms with Crippen molar-refractivity contribution in [3.05, 3.63) is 164 Å². The molecule has 0 heterocycles. The number of carbonyl (C=O) groups excluding carboxylic acids is 1. The second kappa shape index (κ2) is 14.7. The molecule has 1 amide bonds. The normalized spacial score (nSPS) is 11.3. The van der Waals surface area contributed by atoms with E-state index in [-0.39, 0.29) is 23.7 Å². The van der Waals surface area contributed by atoms with Gasteiger partial charge in [-0.3, -0.25) is 19.2 Å². The van der Waals surface area contributed by atoms with E-state index in [1.54, 1.807) is 109 Å². The second-order valence-corrected chi connectivity index (χ2v) is 12.7. The van der Waals surface area contributed by atoms with Crippen LogP contribution in [0.25, 0.3) is 0 Å². The molecule has 1 N–H and O–H groups in total. The van der Waals surface area contributed by atoms with Crippen LogP contribution in [0.1, 0.15) is 32.6 Å². The number of sulfonamides is 1. The molecule has 238 valence electrons. The molecule has 0 bridgehead atoms. The highest BCUT2D eigenvalue weighted by atomic mass is 35.5. The first kappa shape index (κ1) is 32.9. The van der Waals surface area contributed by atoms with Crippen molar-refractivity contribution in [2.75, 3.05) is 4.31 Å². The summed E-state index contributed by atoms with van der Waals surface area (Å²) in [6, 6.07) is 33.1. The summed E-state index contributed by atoms with van der Waals surface area (Å²) in [5.41, 5.74) is 6.25. The quantitative estimate of drug-likeness (QED) is 0.0844. The van der Waals surface area contributed by atoms with Crippen molar-refractivity contribution in [2.24, 2.45) is 5.10 Å². The third kappa shape index (κ3) is 8.40. The maximum absolute atomic E-state index is 13.7. The van der Waals surface area contributed by atoms with Gasteiger partial charge in [-0.25, -0.2) is 13.8 Å². The van der Waals surface area contributed by atoms with Crippen molar-refractivity contribution < 1.29 is 22.9 Å². The number of amides is 1. The Labute approximate surface area is 277 Å². The van der Waals surface area contributed by atoms with Gasteiger partial charge < -0.3 is 4.74 Å². The zero-order valence-corrected chi connectivity index (χ0v) is 26.7. The minimum Gasteiger partial charge on any atom is -0.489 e. The van der Waals surface area contributed by atoms with E-state index < -0.39 is 20.9 Å². The number of non-ortho nitro benzene ring substituents is 1. The fraction of sp³-hybridized carbons (Fsp3) is 0.0857. The Bertz CT molecular complexity index is 2000.